The number of hydrogen-bond acceptors (Lipinski definition) is 4. The summed E-state index contributed by atoms with van der Waals surface area (Å²) in [6.07, 6.45) is 0.842. The number of halogens is 2. The summed E-state index contributed by atoms with van der Waals surface area (Å²) in [4.78, 5) is 21.1. The number of amides is 1. The van der Waals surface area contributed by atoms with Crippen molar-refractivity contribution in [2.24, 2.45) is 0 Å². The summed E-state index contributed by atoms with van der Waals surface area (Å²) in [5, 5.41) is 15.8. The Morgan fingerprint density at radius 3 is 2.65 bits per heavy atom. The number of anilines is 1. The molecule has 0 saturated heterocycles. The number of hydrogen-bond donors (Lipinski definition) is 2. The van der Waals surface area contributed by atoms with Gasteiger partial charge in [-0.3, -0.25) is 14.9 Å². The topological polar surface area (TPSA) is 84.3 Å². The normalized spacial score (nSPS) is 10.2. The van der Waals surface area contributed by atoms with Crippen LogP contribution in [-0.4, -0.2) is 23.9 Å². The summed E-state index contributed by atoms with van der Waals surface area (Å²) in [5.41, 5.74) is -1.11. The molecule has 0 atom stereocenters. The molecular weight excluding hydrogens is 272 g/mol. The van der Waals surface area contributed by atoms with Crippen molar-refractivity contribution in [3.8, 4) is 0 Å². The van der Waals surface area contributed by atoms with Gasteiger partial charge in [0.1, 0.15) is 11.5 Å². The quantitative estimate of drug-likeness (QED) is 0.595. The minimum atomic E-state index is -1.26. The molecule has 0 bridgehead atoms. The molecule has 0 unspecified atom stereocenters. The highest BCUT2D eigenvalue weighted by Gasteiger charge is 2.21. The molecule has 6 nitrogen and oxygen atoms in total. The third-order valence-electron chi connectivity index (χ3n) is 2.45. The molecule has 1 aromatic carbocycles. The SMILES string of the molecule is CCCNC(=O)CCNc1cc(F)cc(F)c1[N+](=O)[O-]. The second-order valence-electron chi connectivity index (χ2n) is 4.07. The molecule has 1 aromatic rings. The summed E-state index contributed by atoms with van der Waals surface area (Å²) < 4.78 is 26.4. The van der Waals surface area contributed by atoms with Crippen molar-refractivity contribution in [1.82, 2.24) is 5.32 Å². The van der Waals surface area contributed by atoms with Crippen LogP contribution in [0.3, 0.4) is 0 Å². The van der Waals surface area contributed by atoms with E-state index in [1.807, 2.05) is 6.92 Å². The molecule has 0 fully saturated rings. The van der Waals surface area contributed by atoms with Gasteiger partial charge in [0.05, 0.1) is 4.92 Å². The van der Waals surface area contributed by atoms with Gasteiger partial charge in [0.15, 0.2) is 0 Å². The average Bonchev–Trinajstić information content (AvgIpc) is 2.34. The van der Waals surface area contributed by atoms with Crippen molar-refractivity contribution in [1.29, 1.82) is 0 Å². The van der Waals surface area contributed by atoms with Crippen LogP contribution in [0.2, 0.25) is 0 Å². The van der Waals surface area contributed by atoms with Crippen molar-refractivity contribution in [2.45, 2.75) is 19.8 Å². The molecular formula is C12H15F2N3O3. The molecule has 1 amide bonds. The van der Waals surface area contributed by atoms with Crippen LogP contribution >= 0.6 is 0 Å². The number of nitrogens with one attached hydrogen (secondary N) is 2. The summed E-state index contributed by atoms with van der Waals surface area (Å²) in [6.45, 7) is 2.48. The zero-order valence-electron chi connectivity index (χ0n) is 10.9. The van der Waals surface area contributed by atoms with Crippen LogP contribution in [0, 0.1) is 21.7 Å². The van der Waals surface area contributed by atoms with Crippen LogP contribution < -0.4 is 10.6 Å². The minimum Gasteiger partial charge on any atom is -0.379 e. The fourth-order valence-electron chi connectivity index (χ4n) is 1.55. The summed E-state index contributed by atoms with van der Waals surface area (Å²) in [5.74, 6) is -2.42. The van der Waals surface area contributed by atoms with Crippen molar-refractivity contribution in [2.75, 3.05) is 18.4 Å². The number of nitrogens with zero attached hydrogens (tertiary/aromatic N) is 1. The molecule has 0 aliphatic rings. The lowest BCUT2D eigenvalue weighted by molar-refractivity contribution is -0.386. The number of nitro groups is 1. The van der Waals surface area contributed by atoms with Gasteiger partial charge in [0.2, 0.25) is 11.7 Å². The molecule has 0 heterocycles. The molecule has 2 N–H and O–H groups in total. The van der Waals surface area contributed by atoms with E-state index in [4.69, 9.17) is 0 Å². The first kappa shape index (κ1) is 15.8. The molecule has 8 heteroatoms. The zero-order valence-corrected chi connectivity index (χ0v) is 10.9. The number of nitro benzene ring substituents is 1. The Bertz CT molecular complexity index is 509. The highest BCUT2D eigenvalue weighted by Crippen LogP contribution is 2.28. The van der Waals surface area contributed by atoms with Gasteiger partial charge in [-0.05, 0) is 6.42 Å². The minimum absolute atomic E-state index is 0.0410. The lowest BCUT2D eigenvalue weighted by Crippen LogP contribution is -2.26. The lowest BCUT2D eigenvalue weighted by atomic mass is 10.2. The van der Waals surface area contributed by atoms with Gasteiger partial charge < -0.3 is 10.6 Å². The van der Waals surface area contributed by atoms with Gasteiger partial charge in [-0.2, -0.15) is 4.39 Å². The van der Waals surface area contributed by atoms with Gasteiger partial charge >= 0.3 is 5.69 Å². The van der Waals surface area contributed by atoms with E-state index >= 15 is 0 Å². The zero-order chi connectivity index (χ0) is 15.1. The Hall–Kier alpha value is -2.25. The standard InChI is InChI=1S/C12H15F2N3O3/c1-2-4-16-11(18)3-5-15-10-7-8(13)6-9(14)12(10)17(19)20/h6-7,15H,2-5H2,1H3,(H,16,18). The number of benzene rings is 1. The van der Waals surface area contributed by atoms with E-state index in [1.165, 1.54) is 0 Å². The molecule has 0 spiro atoms. The van der Waals surface area contributed by atoms with E-state index in [0.29, 0.717) is 12.6 Å². The van der Waals surface area contributed by atoms with Crippen LogP contribution in [0.15, 0.2) is 12.1 Å². The molecule has 1 rings (SSSR count). The Labute approximate surface area is 114 Å². The Kier molecular flexibility index (Phi) is 5.82. The third kappa shape index (κ3) is 4.45. The molecule has 0 aliphatic heterocycles. The second-order valence-corrected chi connectivity index (χ2v) is 4.07. The lowest BCUT2D eigenvalue weighted by Gasteiger charge is -2.08. The van der Waals surface area contributed by atoms with Gasteiger partial charge in [0.25, 0.3) is 0 Å². The number of carbonyl (C=O) groups is 1. The highest BCUT2D eigenvalue weighted by atomic mass is 19.1. The van der Waals surface area contributed by atoms with Gasteiger partial charge in [-0.15, -0.1) is 0 Å². The van der Waals surface area contributed by atoms with E-state index in [1.54, 1.807) is 0 Å². The summed E-state index contributed by atoms with van der Waals surface area (Å²) in [6, 6.07) is 1.27. The van der Waals surface area contributed by atoms with E-state index < -0.39 is 22.2 Å². The van der Waals surface area contributed by atoms with E-state index in [9.17, 15) is 23.7 Å². The molecule has 0 saturated carbocycles. The molecule has 20 heavy (non-hydrogen) atoms. The number of carbonyl (C=O) groups excluding carboxylic acids is 1. The first-order valence-corrected chi connectivity index (χ1v) is 6.09. The monoisotopic (exact) mass is 287 g/mol. The van der Waals surface area contributed by atoms with E-state index in [2.05, 4.69) is 10.6 Å². The van der Waals surface area contributed by atoms with Crippen LogP contribution in [-0.2, 0) is 4.79 Å². The summed E-state index contributed by atoms with van der Waals surface area (Å²) in [7, 11) is 0. The summed E-state index contributed by atoms with van der Waals surface area (Å²) >= 11 is 0. The van der Waals surface area contributed by atoms with Crippen LogP contribution in [0.4, 0.5) is 20.2 Å². The van der Waals surface area contributed by atoms with Crippen LogP contribution in [0.25, 0.3) is 0 Å². The highest BCUT2D eigenvalue weighted by molar-refractivity contribution is 5.76. The van der Waals surface area contributed by atoms with Gasteiger partial charge in [0, 0.05) is 31.6 Å². The van der Waals surface area contributed by atoms with E-state index in [-0.39, 0.29) is 24.6 Å². The fourth-order valence-corrected chi connectivity index (χ4v) is 1.55. The second kappa shape index (κ2) is 7.37. The van der Waals surface area contributed by atoms with Crippen molar-refractivity contribution >= 4 is 17.3 Å². The average molecular weight is 287 g/mol. The first-order valence-electron chi connectivity index (χ1n) is 6.09. The first-order chi connectivity index (χ1) is 9.45. The Morgan fingerprint density at radius 1 is 1.35 bits per heavy atom. The molecule has 110 valence electrons. The Morgan fingerprint density at radius 2 is 2.05 bits per heavy atom. The van der Waals surface area contributed by atoms with Crippen molar-refractivity contribution < 1.29 is 18.5 Å². The van der Waals surface area contributed by atoms with Crippen molar-refractivity contribution in [3.05, 3.63) is 33.9 Å². The maximum atomic E-state index is 13.3. The van der Waals surface area contributed by atoms with Crippen LogP contribution in [0.1, 0.15) is 19.8 Å². The third-order valence-corrected chi connectivity index (χ3v) is 2.45. The van der Waals surface area contributed by atoms with Gasteiger partial charge in [-0.25, -0.2) is 4.39 Å². The van der Waals surface area contributed by atoms with Crippen molar-refractivity contribution in [3.63, 3.8) is 0 Å². The predicted octanol–water partition coefficient (Wildman–Crippen LogP) is 2.20. The number of rotatable bonds is 7. The molecule has 0 aromatic heterocycles. The van der Waals surface area contributed by atoms with E-state index in [0.717, 1.165) is 12.5 Å². The van der Waals surface area contributed by atoms with Gasteiger partial charge in [-0.1, -0.05) is 6.92 Å². The molecule has 0 aliphatic carbocycles. The maximum absolute atomic E-state index is 13.3. The smallest absolute Gasteiger partial charge is 0.327 e. The predicted molar refractivity (Wildman–Crippen MR) is 69.4 cm³/mol. The Balaban J connectivity index is 2.68. The largest absolute Gasteiger partial charge is 0.379 e. The van der Waals surface area contributed by atoms with Crippen LogP contribution in [0.5, 0.6) is 0 Å². The fraction of sp³-hybridized carbons (Fsp3) is 0.417. The molecule has 0 radical (unpaired) electrons. The maximum Gasteiger partial charge on any atom is 0.327 e.